The summed E-state index contributed by atoms with van der Waals surface area (Å²) in [5, 5.41) is 4.31. The molecule has 3 heteroatoms. The minimum absolute atomic E-state index is 0.314. The summed E-state index contributed by atoms with van der Waals surface area (Å²) in [6.45, 7) is 7.59. The normalized spacial score (nSPS) is 18.4. The van der Waals surface area contributed by atoms with Gasteiger partial charge in [-0.05, 0) is 44.0 Å². The first-order valence-corrected chi connectivity index (χ1v) is 8.38. The molecule has 1 fully saturated rings. The number of hydrogen-bond donors (Lipinski definition) is 1. The van der Waals surface area contributed by atoms with Crippen LogP contribution in [0.3, 0.4) is 0 Å². The predicted molar refractivity (Wildman–Crippen MR) is 88.8 cm³/mol. The van der Waals surface area contributed by atoms with Crippen LogP contribution < -0.4 is 10.2 Å². The molecule has 0 saturated carbocycles. The zero-order chi connectivity index (χ0) is 14.4. The van der Waals surface area contributed by atoms with Crippen molar-refractivity contribution in [1.82, 2.24) is 5.32 Å². The summed E-state index contributed by atoms with van der Waals surface area (Å²) in [5.41, 5.74) is 2.48. The Labute approximate surface area is 128 Å². The molecule has 1 atom stereocenters. The van der Waals surface area contributed by atoms with E-state index in [9.17, 15) is 0 Å². The summed E-state index contributed by atoms with van der Waals surface area (Å²) in [4.78, 5) is 2.49. The highest BCUT2D eigenvalue weighted by molar-refractivity contribution is 6.31. The molecule has 2 rings (SSSR count). The van der Waals surface area contributed by atoms with E-state index in [1.807, 2.05) is 0 Å². The highest BCUT2D eigenvalue weighted by atomic mass is 35.5. The average molecular weight is 295 g/mol. The number of halogens is 1. The third-order valence-corrected chi connectivity index (χ3v) is 4.51. The van der Waals surface area contributed by atoms with Crippen LogP contribution in [0.5, 0.6) is 0 Å². The van der Waals surface area contributed by atoms with Gasteiger partial charge < -0.3 is 10.2 Å². The summed E-state index contributed by atoms with van der Waals surface area (Å²) >= 11 is 6.49. The van der Waals surface area contributed by atoms with Gasteiger partial charge in [0.15, 0.2) is 0 Å². The minimum atomic E-state index is 0.314. The van der Waals surface area contributed by atoms with Gasteiger partial charge >= 0.3 is 0 Å². The molecular formula is C17H27ClN2. The van der Waals surface area contributed by atoms with Gasteiger partial charge in [-0.3, -0.25) is 0 Å². The van der Waals surface area contributed by atoms with Crippen LogP contribution in [-0.2, 0) is 0 Å². The molecule has 2 nitrogen and oxygen atoms in total. The molecule has 112 valence electrons. The lowest BCUT2D eigenvalue weighted by molar-refractivity contribution is 0.556. The highest BCUT2D eigenvalue weighted by Gasteiger charge is 2.13. The van der Waals surface area contributed by atoms with E-state index < -0.39 is 0 Å². The van der Waals surface area contributed by atoms with E-state index in [1.165, 1.54) is 56.4 Å². The molecule has 0 bridgehead atoms. The standard InChI is InChI=1S/C17H27ClN2/c1-3-19-14(2)16-10-9-15(13-17(16)18)20-11-7-5-4-6-8-12-20/h9-10,13-14,19H,3-8,11-12H2,1-2H3. The Bertz CT molecular complexity index is 411. The van der Waals surface area contributed by atoms with E-state index in [0.29, 0.717) is 6.04 Å². The van der Waals surface area contributed by atoms with E-state index in [1.54, 1.807) is 0 Å². The second-order valence-electron chi connectivity index (χ2n) is 5.74. The zero-order valence-electron chi connectivity index (χ0n) is 12.8. The molecule has 0 radical (unpaired) electrons. The second-order valence-corrected chi connectivity index (χ2v) is 6.15. The average Bonchev–Trinajstić information content (AvgIpc) is 2.38. The van der Waals surface area contributed by atoms with Crippen molar-refractivity contribution >= 4 is 17.3 Å². The molecule has 1 aliphatic rings. The quantitative estimate of drug-likeness (QED) is 0.859. The lowest BCUT2D eigenvalue weighted by atomic mass is 10.1. The van der Waals surface area contributed by atoms with Gasteiger partial charge in [-0.15, -0.1) is 0 Å². The maximum atomic E-state index is 6.49. The third-order valence-electron chi connectivity index (χ3n) is 4.18. The second kappa shape index (κ2) is 7.90. The SMILES string of the molecule is CCNC(C)c1ccc(N2CCCCCCC2)cc1Cl. The number of anilines is 1. The van der Waals surface area contributed by atoms with Crippen molar-refractivity contribution in [3.8, 4) is 0 Å². The summed E-state index contributed by atoms with van der Waals surface area (Å²) in [6, 6.07) is 6.88. The fraction of sp³-hybridized carbons (Fsp3) is 0.647. The topological polar surface area (TPSA) is 15.3 Å². The number of benzene rings is 1. The van der Waals surface area contributed by atoms with E-state index in [-0.39, 0.29) is 0 Å². The zero-order valence-corrected chi connectivity index (χ0v) is 13.5. The van der Waals surface area contributed by atoms with Crippen molar-refractivity contribution in [3.63, 3.8) is 0 Å². The van der Waals surface area contributed by atoms with Crippen molar-refractivity contribution in [1.29, 1.82) is 0 Å². The Hall–Kier alpha value is -0.730. The first-order chi connectivity index (χ1) is 9.72. The Morgan fingerprint density at radius 1 is 1.15 bits per heavy atom. The molecule has 1 heterocycles. The predicted octanol–water partition coefficient (Wildman–Crippen LogP) is 4.78. The Balaban J connectivity index is 2.10. The minimum Gasteiger partial charge on any atom is -0.371 e. The Kier molecular flexibility index (Phi) is 6.18. The molecule has 0 amide bonds. The fourth-order valence-electron chi connectivity index (χ4n) is 2.99. The summed E-state index contributed by atoms with van der Waals surface area (Å²) in [5.74, 6) is 0. The van der Waals surface area contributed by atoms with Crippen molar-refractivity contribution < 1.29 is 0 Å². The van der Waals surface area contributed by atoms with E-state index >= 15 is 0 Å². The molecule has 1 N–H and O–H groups in total. The molecule has 20 heavy (non-hydrogen) atoms. The van der Waals surface area contributed by atoms with Gasteiger partial charge in [0.2, 0.25) is 0 Å². The van der Waals surface area contributed by atoms with Gasteiger partial charge in [-0.2, -0.15) is 0 Å². The number of rotatable bonds is 4. The van der Waals surface area contributed by atoms with Crippen molar-refractivity contribution in [2.45, 2.75) is 52.0 Å². The molecule has 0 aliphatic carbocycles. The Morgan fingerprint density at radius 2 is 1.80 bits per heavy atom. The van der Waals surface area contributed by atoms with Crippen LogP contribution in [0, 0.1) is 0 Å². The summed E-state index contributed by atoms with van der Waals surface area (Å²) in [6.07, 6.45) is 6.72. The van der Waals surface area contributed by atoms with Crippen molar-refractivity contribution in [2.75, 3.05) is 24.5 Å². The third kappa shape index (κ3) is 4.13. The van der Waals surface area contributed by atoms with Crippen LogP contribution >= 0.6 is 11.6 Å². The van der Waals surface area contributed by atoms with Crippen molar-refractivity contribution in [2.24, 2.45) is 0 Å². The molecule has 0 aromatic heterocycles. The molecule has 1 aliphatic heterocycles. The fourth-order valence-corrected chi connectivity index (χ4v) is 3.32. The van der Waals surface area contributed by atoms with Gasteiger partial charge in [-0.1, -0.05) is 43.9 Å². The summed E-state index contributed by atoms with van der Waals surface area (Å²) < 4.78 is 0. The van der Waals surface area contributed by atoms with Gasteiger partial charge in [0.25, 0.3) is 0 Å². The van der Waals surface area contributed by atoms with Gasteiger partial charge in [-0.25, -0.2) is 0 Å². The smallest absolute Gasteiger partial charge is 0.0474 e. The van der Waals surface area contributed by atoms with Gasteiger partial charge in [0, 0.05) is 29.8 Å². The van der Waals surface area contributed by atoms with Crippen LogP contribution in [0.15, 0.2) is 18.2 Å². The summed E-state index contributed by atoms with van der Waals surface area (Å²) in [7, 11) is 0. The van der Waals surface area contributed by atoms with E-state index in [4.69, 9.17) is 11.6 Å². The van der Waals surface area contributed by atoms with Gasteiger partial charge in [0.05, 0.1) is 0 Å². The monoisotopic (exact) mass is 294 g/mol. The van der Waals surface area contributed by atoms with Crippen molar-refractivity contribution in [3.05, 3.63) is 28.8 Å². The van der Waals surface area contributed by atoms with Crippen LogP contribution in [-0.4, -0.2) is 19.6 Å². The lowest BCUT2D eigenvalue weighted by Crippen LogP contribution is -2.27. The maximum Gasteiger partial charge on any atom is 0.0474 e. The van der Waals surface area contributed by atoms with Crippen LogP contribution in [0.4, 0.5) is 5.69 Å². The van der Waals surface area contributed by atoms with E-state index in [2.05, 4.69) is 42.3 Å². The highest BCUT2D eigenvalue weighted by Crippen LogP contribution is 2.29. The lowest BCUT2D eigenvalue weighted by Gasteiger charge is -2.27. The van der Waals surface area contributed by atoms with Crippen LogP contribution in [0.2, 0.25) is 5.02 Å². The van der Waals surface area contributed by atoms with Crippen LogP contribution in [0.25, 0.3) is 0 Å². The first kappa shape index (κ1) is 15.7. The van der Waals surface area contributed by atoms with Gasteiger partial charge in [0.1, 0.15) is 0 Å². The number of nitrogens with one attached hydrogen (secondary N) is 1. The van der Waals surface area contributed by atoms with E-state index in [0.717, 1.165) is 11.6 Å². The largest absolute Gasteiger partial charge is 0.371 e. The first-order valence-electron chi connectivity index (χ1n) is 8.00. The van der Waals surface area contributed by atoms with Crippen LogP contribution in [0.1, 0.15) is 57.6 Å². The molecule has 0 spiro atoms. The molecule has 1 aromatic carbocycles. The number of nitrogens with zero attached hydrogens (tertiary/aromatic N) is 1. The molecule has 1 aromatic rings. The molecule has 1 saturated heterocycles. The Morgan fingerprint density at radius 3 is 2.40 bits per heavy atom. The maximum absolute atomic E-state index is 6.49. The molecule has 1 unspecified atom stereocenters. The molecular weight excluding hydrogens is 268 g/mol. The number of hydrogen-bond acceptors (Lipinski definition) is 2.